The minimum Gasteiger partial charge on any atom is -0.323 e. The van der Waals surface area contributed by atoms with Crippen LogP contribution >= 0.6 is 0 Å². The predicted molar refractivity (Wildman–Crippen MR) is 71.2 cm³/mol. The van der Waals surface area contributed by atoms with Crippen LogP contribution in [0.1, 0.15) is 15.9 Å². The zero-order chi connectivity index (χ0) is 13.7. The topological polar surface area (TPSA) is 104 Å². The largest absolute Gasteiger partial charge is 0.323 e. The Bertz CT molecular complexity index is 647. The summed E-state index contributed by atoms with van der Waals surface area (Å²) in [6, 6.07) is 10.2. The second-order valence-electron chi connectivity index (χ2n) is 3.71. The van der Waals surface area contributed by atoms with E-state index in [1.54, 1.807) is 30.3 Å². The third kappa shape index (κ3) is 2.86. The molecule has 0 saturated heterocycles. The lowest BCUT2D eigenvalue weighted by Gasteiger charge is -2.09. The van der Waals surface area contributed by atoms with E-state index < -0.39 is 0 Å². The number of nitrogens with zero attached hydrogens (tertiary/aromatic N) is 2. The highest BCUT2D eigenvalue weighted by Crippen LogP contribution is 2.16. The molecule has 6 heteroatoms. The van der Waals surface area contributed by atoms with E-state index in [-0.39, 0.29) is 5.91 Å². The number of hydrogen-bond donors (Lipinski definition) is 3. The molecule has 1 amide bonds. The summed E-state index contributed by atoms with van der Waals surface area (Å²) in [5.41, 5.74) is 4.24. The number of aromatic nitrogens is 1. The summed E-state index contributed by atoms with van der Waals surface area (Å²) in [5, 5.41) is 11.5. The lowest BCUT2D eigenvalue weighted by atomic mass is 10.2. The van der Waals surface area contributed by atoms with Gasteiger partial charge in [0.2, 0.25) is 0 Å². The van der Waals surface area contributed by atoms with E-state index >= 15 is 0 Å². The lowest BCUT2D eigenvalue weighted by Crippen LogP contribution is -2.17. The van der Waals surface area contributed by atoms with E-state index in [1.165, 1.54) is 12.4 Å². The first-order valence-corrected chi connectivity index (χ1v) is 5.46. The first kappa shape index (κ1) is 12.5. The molecule has 0 bridgehead atoms. The summed E-state index contributed by atoms with van der Waals surface area (Å²) in [4.78, 5) is 15.9. The Labute approximate surface area is 109 Å². The maximum atomic E-state index is 12.1. The van der Waals surface area contributed by atoms with Crippen molar-refractivity contribution in [2.75, 3.05) is 10.7 Å². The molecule has 0 atom stereocenters. The highest BCUT2D eigenvalue weighted by Gasteiger charge is 2.11. The van der Waals surface area contributed by atoms with Gasteiger partial charge in [-0.05, 0) is 24.3 Å². The molecule has 2 aromatic rings. The van der Waals surface area contributed by atoms with Crippen molar-refractivity contribution in [3.8, 4) is 6.07 Å². The SMILES string of the molecule is N#Cc1cccc(NC(=O)c2cnccc2NN)c1. The number of anilines is 2. The molecule has 6 nitrogen and oxygen atoms in total. The third-order valence-electron chi connectivity index (χ3n) is 2.47. The Hall–Kier alpha value is -2.91. The molecule has 1 aromatic heterocycles. The molecule has 0 saturated carbocycles. The van der Waals surface area contributed by atoms with Crippen LogP contribution in [0.4, 0.5) is 11.4 Å². The van der Waals surface area contributed by atoms with Gasteiger partial charge in [0.15, 0.2) is 0 Å². The molecule has 0 spiro atoms. The van der Waals surface area contributed by atoms with Gasteiger partial charge in [0.05, 0.1) is 22.9 Å². The fraction of sp³-hybridized carbons (Fsp3) is 0. The molecule has 0 aliphatic carbocycles. The number of nitrogen functional groups attached to an aromatic ring is 1. The summed E-state index contributed by atoms with van der Waals surface area (Å²) >= 11 is 0. The van der Waals surface area contributed by atoms with E-state index in [0.29, 0.717) is 22.5 Å². The number of hydrazine groups is 1. The fourth-order valence-electron chi connectivity index (χ4n) is 1.57. The summed E-state index contributed by atoms with van der Waals surface area (Å²) in [5.74, 6) is 4.98. The second-order valence-corrected chi connectivity index (χ2v) is 3.71. The Morgan fingerprint density at radius 3 is 2.95 bits per heavy atom. The van der Waals surface area contributed by atoms with Crippen LogP contribution in [0.3, 0.4) is 0 Å². The predicted octanol–water partition coefficient (Wildman–Crippen LogP) is 1.49. The number of nitriles is 1. The highest BCUT2D eigenvalue weighted by molar-refractivity contribution is 6.07. The number of carbonyl (C=O) groups is 1. The molecule has 19 heavy (non-hydrogen) atoms. The van der Waals surface area contributed by atoms with Crippen molar-refractivity contribution in [3.05, 3.63) is 53.9 Å². The molecule has 0 aliphatic heterocycles. The molecule has 0 radical (unpaired) electrons. The van der Waals surface area contributed by atoms with Gasteiger partial charge >= 0.3 is 0 Å². The van der Waals surface area contributed by atoms with Gasteiger partial charge in [-0.1, -0.05) is 6.07 Å². The van der Waals surface area contributed by atoms with Crippen LogP contribution in [-0.2, 0) is 0 Å². The van der Waals surface area contributed by atoms with Crippen molar-refractivity contribution >= 4 is 17.3 Å². The average Bonchev–Trinajstić information content (AvgIpc) is 2.47. The standard InChI is InChI=1S/C13H11N5O/c14-7-9-2-1-3-10(6-9)17-13(19)11-8-16-5-4-12(11)18-15/h1-6,8H,15H2,(H,16,18)(H,17,19). The molecular formula is C13H11N5O. The van der Waals surface area contributed by atoms with Gasteiger partial charge in [-0.3, -0.25) is 15.6 Å². The third-order valence-corrected chi connectivity index (χ3v) is 2.47. The maximum absolute atomic E-state index is 12.1. The molecule has 2 rings (SSSR count). The number of nitrogens with two attached hydrogens (primary N) is 1. The van der Waals surface area contributed by atoms with E-state index in [4.69, 9.17) is 11.1 Å². The zero-order valence-corrected chi connectivity index (χ0v) is 9.92. The van der Waals surface area contributed by atoms with Crippen LogP contribution in [0.2, 0.25) is 0 Å². The van der Waals surface area contributed by atoms with Crippen molar-refractivity contribution in [2.24, 2.45) is 5.84 Å². The van der Waals surface area contributed by atoms with Crippen molar-refractivity contribution in [1.82, 2.24) is 4.98 Å². The van der Waals surface area contributed by atoms with E-state index in [0.717, 1.165) is 0 Å². The van der Waals surface area contributed by atoms with Gasteiger partial charge in [0, 0.05) is 18.1 Å². The van der Waals surface area contributed by atoms with Crippen LogP contribution in [0.15, 0.2) is 42.7 Å². The van der Waals surface area contributed by atoms with Crippen LogP contribution in [0.5, 0.6) is 0 Å². The molecule has 0 aliphatic rings. The van der Waals surface area contributed by atoms with E-state index in [9.17, 15) is 4.79 Å². The molecule has 1 heterocycles. The number of pyridine rings is 1. The van der Waals surface area contributed by atoms with Crippen molar-refractivity contribution in [3.63, 3.8) is 0 Å². The van der Waals surface area contributed by atoms with Crippen molar-refractivity contribution in [1.29, 1.82) is 5.26 Å². The number of benzene rings is 1. The normalized spacial score (nSPS) is 9.47. The number of amides is 1. The van der Waals surface area contributed by atoms with Crippen molar-refractivity contribution in [2.45, 2.75) is 0 Å². The van der Waals surface area contributed by atoms with Gasteiger partial charge in [0.1, 0.15) is 0 Å². The highest BCUT2D eigenvalue weighted by atomic mass is 16.1. The lowest BCUT2D eigenvalue weighted by molar-refractivity contribution is 0.102. The molecule has 0 fully saturated rings. The Kier molecular flexibility index (Phi) is 3.71. The van der Waals surface area contributed by atoms with Gasteiger partial charge in [-0.2, -0.15) is 5.26 Å². The van der Waals surface area contributed by atoms with Crippen LogP contribution in [0.25, 0.3) is 0 Å². The average molecular weight is 253 g/mol. The minimum absolute atomic E-state index is 0.326. The number of rotatable bonds is 3. The Balaban J connectivity index is 2.23. The quantitative estimate of drug-likeness (QED) is 0.568. The first-order chi connectivity index (χ1) is 9.24. The van der Waals surface area contributed by atoms with Gasteiger partial charge in [0.25, 0.3) is 5.91 Å². The van der Waals surface area contributed by atoms with Crippen molar-refractivity contribution < 1.29 is 4.79 Å². The van der Waals surface area contributed by atoms with Crippen LogP contribution in [0, 0.1) is 11.3 Å². The molecular weight excluding hydrogens is 242 g/mol. The molecule has 1 aromatic carbocycles. The van der Waals surface area contributed by atoms with Gasteiger partial charge in [-0.25, -0.2) is 0 Å². The van der Waals surface area contributed by atoms with E-state index in [2.05, 4.69) is 15.7 Å². The first-order valence-electron chi connectivity index (χ1n) is 5.46. The number of nitrogens with one attached hydrogen (secondary N) is 2. The molecule has 94 valence electrons. The summed E-state index contributed by atoms with van der Waals surface area (Å²) in [6.07, 6.45) is 2.95. The van der Waals surface area contributed by atoms with E-state index in [1.807, 2.05) is 6.07 Å². The molecule has 0 unspecified atom stereocenters. The summed E-state index contributed by atoms with van der Waals surface area (Å²) < 4.78 is 0. The smallest absolute Gasteiger partial charge is 0.259 e. The number of hydrogen-bond acceptors (Lipinski definition) is 5. The van der Waals surface area contributed by atoms with Gasteiger partial charge < -0.3 is 10.7 Å². The molecule has 4 N–H and O–H groups in total. The minimum atomic E-state index is -0.351. The second kappa shape index (κ2) is 5.62. The summed E-state index contributed by atoms with van der Waals surface area (Å²) in [6.45, 7) is 0. The summed E-state index contributed by atoms with van der Waals surface area (Å²) in [7, 11) is 0. The Morgan fingerprint density at radius 1 is 1.37 bits per heavy atom. The zero-order valence-electron chi connectivity index (χ0n) is 9.92. The van der Waals surface area contributed by atoms with Crippen LogP contribution in [-0.4, -0.2) is 10.9 Å². The van der Waals surface area contributed by atoms with Gasteiger partial charge in [-0.15, -0.1) is 0 Å². The fourth-order valence-corrected chi connectivity index (χ4v) is 1.57. The maximum Gasteiger partial charge on any atom is 0.259 e. The Morgan fingerprint density at radius 2 is 2.21 bits per heavy atom. The number of carbonyl (C=O) groups excluding carboxylic acids is 1. The monoisotopic (exact) mass is 253 g/mol. The van der Waals surface area contributed by atoms with Crippen LogP contribution < -0.4 is 16.6 Å².